The van der Waals surface area contributed by atoms with Crippen LogP contribution in [-0.4, -0.2) is 20.8 Å². The Hall–Kier alpha value is -2.50. The molecule has 0 saturated carbocycles. The van der Waals surface area contributed by atoms with Gasteiger partial charge in [0.1, 0.15) is 11.3 Å². The molecule has 1 heterocycles. The van der Waals surface area contributed by atoms with Crippen LogP contribution in [0.1, 0.15) is 23.7 Å². The summed E-state index contributed by atoms with van der Waals surface area (Å²) in [6, 6.07) is 7.75. The maximum Gasteiger partial charge on any atom is 0.229 e. The number of aryl methyl sites for hydroxylation is 3. The molecule has 1 aromatic carbocycles. The molecule has 20 heavy (non-hydrogen) atoms. The lowest BCUT2D eigenvalue weighted by molar-refractivity contribution is 0.318. The Labute approximate surface area is 117 Å². The molecule has 0 atom stereocenters. The Kier molecular flexibility index (Phi) is 3.93. The molecule has 2 aromatic rings. The summed E-state index contributed by atoms with van der Waals surface area (Å²) < 4.78 is 7.51. The van der Waals surface area contributed by atoms with Crippen LogP contribution in [0.15, 0.2) is 29.4 Å². The van der Waals surface area contributed by atoms with E-state index in [1.165, 1.54) is 0 Å². The smallest absolute Gasteiger partial charge is 0.229 e. The van der Waals surface area contributed by atoms with Gasteiger partial charge in [0.25, 0.3) is 0 Å². The predicted molar refractivity (Wildman–Crippen MR) is 76.3 cm³/mol. The second-order valence-corrected chi connectivity index (χ2v) is 4.44. The third kappa shape index (κ3) is 2.45. The third-order valence-corrected chi connectivity index (χ3v) is 3.09. The van der Waals surface area contributed by atoms with Crippen molar-refractivity contribution in [2.45, 2.75) is 20.3 Å². The van der Waals surface area contributed by atoms with Gasteiger partial charge in [-0.15, -0.1) is 0 Å². The fourth-order valence-corrected chi connectivity index (χ4v) is 2.10. The number of hydrogen-bond acceptors (Lipinski definition) is 4. The highest BCUT2D eigenvalue weighted by molar-refractivity contribution is 6.00. The molecule has 0 fully saturated rings. The van der Waals surface area contributed by atoms with Gasteiger partial charge in [0, 0.05) is 7.05 Å². The van der Waals surface area contributed by atoms with Crippen LogP contribution in [0, 0.1) is 6.92 Å². The summed E-state index contributed by atoms with van der Waals surface area (Å²) in [4.78, 5) is 0. The molecule has 0 spiro atoms. The molecule has 6 nitrogen and oxygen atoms in total. The van der Waals surface area contributed by atoms with Crippen LogP contribution < -0.4 is 10.5 Å². The molecule has 1 aromatic heterocycles. The summed E-state index contributed by atoms with van der Waals surface area (Å²) in [5.74, 6) is 1.18. The number of oxime groups is 1. The van der Waals surface area contributed by atoms with Gasteiger partial charge in [-0.05, 0) is 25.0 Å². The lowest BCUT2D eigenvalue weighted by atomic mass is 10.1. The predicted octanol–water partition coefficient (Wildman–Crippen LogP) is 2.18. The van der Waals surface area contributed by atoms with Crippen molar-refractivity contribution in [2.75, 3.05) is 0 Å². The SMILES string of the molecule is CCc1ccccc1Oc1c(C(N)=NO)c(C)nn1C. The van der Waals surface area contributed by atoms with Gasteiger partial charge >= 0.3 is 0 Å². The number of amidine groups is 1. The monoisotopic (exact) mass is 274 g/mol. The molecule has 0 unspecified atom stereocenters. The van der Waals surface area contributed by atoms with Gasteiger partial charge in [-0.25, -0.2) is 4.68 Å². The molecule has 2 rings (SSSR count). The zero-order chi connectivity index (χ0) is 14.7. The number of hydrogen-bond donors (Lipinski definition) is 2. The van der Waals surface area contributed by atoms with Crippen LogP contribution in [0.2, 0.25) is 0 Å². The summed E-state index contributed by atoms with van der Waals surface area (Å²) >= 11 is 0. The standard InChI is InChI=1S/C14H18N4O2/c1-4-10-7-5-6-8-11(10)20-14-12(13(15)17-19)9(2)16-18(14)3/h5-8,19H,4H2,1-3H3,(H2,15,17). The lowest BCUT2D eigenvalue weighted by Gasteiger charge is -2.11. The van der Waals surface area contributed by atoms with Crippen LogP contribution in [-0.2, 0) is 13.5 Å². The summed E-state index contributed by atoms with van der Waals surface area (Å²) in [7, 11) is 1.76. The molecule has 0 amide bonds. The van der Waals surface area contributed by atoms with Gasteiger partial charge < -0.3 is 15.7 Å². The first-order valence-electron chi connectivity index (χ1n) is 6.35. The van der Waals surface area contributed by atoms with Crippen molar-refractivity contribution in [1.82, 2.24) is 9.78 Å². The highest BCUT2D eigenvalue weighted by atomic mass is 16.5. The van der Waals surface area contributed by atoms with Gasteiger partial charge in [0.2, 0.25) is 5.88 Å². The third-order valence-electron chi connectivity index (χ3n) is 3.09. The highest BCUT2D eigenvalue weighted by Gasteiger charge is 2.20. The lowest BCUT2D eigenvalue weighted by Crippen LogP contribution is -2.15. The van der Waals surface area contributed by atoms with Gasteiger partial charge in [-0.1, -0.05) is 30.3 Å². The molecule has 0 aliphatic rings. The molecule has 3 N–H and O–H groups in total. The molecule has 106 valence electrons. The second-order valence-electron chi connectivity index (χ2n) is 4.44. The zero-order valence-corrected chi connectivity index (χ0v) is 11.8. The number of para-hydroxylation sites is 1. The first-order chi connectivity index (χ1) is 9.58. The Morgan fingerprint density at radius 1 is 1.45 bits per heavy atom. The van der Waals surface area contributed by atoms with E-state index in [1.54, 1.807) is 18.7 Å². The molecule has 0 radical (unpaired) electrons. The highest BCUT2D eigenvalue weighted by Crippen LogP contribution is 2.29. The fraction of sp³-hybridized carbons (Fsp3) is 0.286. The van der Waals surface area contributed by atoms with Crippen molar-refractivity contribution < 1.29 is 9.94 Å². The van der Waals surface area contributed by atoms with E-state index in [2.05, 4.69) is 17.2 Å². The second kappa shape index (κ2) is 5.64. The minimum Gasteiger partial charge on any atom is -0.438 e. The van der Waals surface area contributed by atoms with Crippen LogP contribution in [0.3, 0.4) is 0 Å². The molecule has 0 bridgehead atoms. The van der Waals surface area contributed by atoms with Crippen LogP contribution in [0.5, 0.6) is 11.6 Å². The summed E-state index contributed by atoms with van der Waals surface area (Å²) in [5, 5.41) is 16.2. The number of nitrogens with zero attached hydrogens (tertiary/aromatic N) is 3. The zero-order valence-electron chi connectivity index (χ0n) is 11.8. The van der Waals surface area contributed by atoms with E-state index in [0.29, 0.717) is 17.1 Å². The quantitative estimate of drug-likeness (QED) is 0.387. The van der Waals surface area contributed by atoms with Crippen LogP contribution >= 0.6 is 0 Å². The van der Waals surface area contributed by atoms with Crippen molar-refractivity contribution in [3.63, 3.8) is 0 Å². The van der Waals surface area contributed by atoms with E-state index in [-0.39, 0.29) is 5.84 Å². The average Bonchev–Trinajstić information content (AvgIpc) is 2.73. The maximum absolute atomic E-state index is 8.88. The molecule has 0 aliphatic carbocycles. The molecular weight excluding hydrogens is 256 g/mol. The number of ether oxygens (including phenoxy) is 1. The van der Waals surface area contributed by atoms with Crippen LogP contribution in [0.4, 0.5) is 0 Å². The van der Waals surface area contributed by atoms with Crippen molar-refractivity contribution >= 4 is 5.84 Å². The minimum absolute atomic E-state index is 0.0143. The van der Waals surface area contributed by atoms with E-state index in [9.17, 15) is 0 Å². The van der Waals surface area contributed by atoms with Gasteiger partial charge in [-0.2, -0.15) is 5.10 Å². The molecule has 0 aliphatic heterocycles. The Bertz CT molecular complexity index is 647. The molecular formula is C14H18N4O2. The summed E-state index contributed by atoms with van der Waals surface area (Å²) in [6.07, 6.45) is 0.853. The first-order valence-corrected chi connectivity index (χ1v) is 6.35. The Morgan fingerprint density at radius 3 is 2.80 bits per heavy atom. The van der Waals surface area contributed by atoms with Crippen LogP contribution in [0.25, 0.3) is 0 Å². The number of aromatic nitrogens is 2. The topological polar surface area (TPSA) is 85.7 Å². The van der Waals surface area contributed by atoms with Crippen molar-refractivity contribution in [3.8, 4) is 11.6 Å². The van der Waals surface area contributed by atoms with Gasteiger partial charge in [-0.3, -0.25) is 0 Å². The Balaban J connectivity index is 2.49. The number of benzene rings is 1. The molecule has 0 saturated heterocycles. The largest absolute Gasteiger partial charge is 0.438 e. The van der Waals surface area contributed by atoms with E-state index in [1.807, 2.05) is 24.3 Å². The van der Waals surface area contributed by atoms with Gasteiger partial charge in [0.15, 0.2) is 5.84 Å². The maximum atomic E-state index is 8.88. The van der Waals surface area contributed by atoms with Gasteiger partial charge in [0.05, 0.1) is 5.69 Å². The van der Waals surface area contributed by atoms with E-state index >= 15 is 0 Å². The Morgan fingerprint density at radius 2 is 2.15 bits per heavy atom. The fourth-order valence-electron chi connectivity index (χ4n) is 2.10. The van der Waals surface area contributed by atoms with E-state index in [4.69, 9.17) is 15.7 Å². The minimum atomic E-state index is -0.0143. The number of nitrogens with two attached hydrogens (primary N) is 1. The van der Waals surface area contributed by atoms with E-state index < -0.39 is 0 Å². The first kappa shape index (κ1) is 13.9. The van der Waals surface area contributed by atoms with Crippen molar-refractivity contribution in [1.29, 1.82) is 0 Å². The van der Waals surface area contributed by atoms with E-state index in [0.717, 1.165) is 17.7 Å². The van der Waals surface area contributed by atoms with Crippen molar-refractivity contribution in [3.05, 3.63) is 41.1 Å². The summed E-state index contributed by atoms with van der Waals surface area (Å²) in [6.45, 7) is 3.84. The summed E-state index contributed by atoms with van der Waals surface area (Å²) in [5.41, 5.74) is 7.93. The number of rotatable bonds is 4. The molecule has 6 heteroatoms. The normalized spacial score (nSPS) is 11.7. The van der Waals surface area contributed by atoms with Crippen molar-refractivity contribution in [2.24, 2.45) is 17.9 Å². The average molecular weight is 274 g/mol.